The fraction of sp³-hybridized carbons (Fsp3) is 0.188. The van der Waals surface area contributed by atoms with E-state index in [1.807, 2.05) is 43.6 Å². The molecule has 2 aromatic heterocycles. The molecule has 102 valence electrons. The van der Waals surface area contributed by atoms with Gasteiger partial charge in [-0.15, -0.1) is 11.3 Å². The van der Waals surface area contributed by atoms with Crippen molar-refractivity contribution in [3.8, 4) is 0 Å². The number of likely N-dealkylation sites (N-methyl/N-ethyl adjacent to an activating group) is 1. The number of aromatic amines is 1. The molecule has 0 saturated heterocycles. The maximum Gasteiger partial charge on any atom is 0.178 e. The average molecular weight is 284 g/mol. The van der Waals surface area contributed by atoms with Gasteiger partial charge in [-0.2, -0.15) is 0 Å². The molecule has 3 aromatic rings. The topological polar surface area (TPSA) is 36.1 Å². The molecule has 0 amide bonds. The summed E-state index contributed by atoms with van der Waals surface area (Å²) < 4.78 is 0. The largest absolute Gasteiger partial charge is 0.360 e. The fourth-order valence-electron chi connectivity index (χ4n) is 2.36. The summed E-state index contributed by atoms with van der Waals surface area (Å²) in [6.45, 7) is 1.24. The average Bonchev–Trinajstić information content (AvgIpc) is 3.07. The highest BCUT2D eigenvalue weighted by Crippen LogP contribution is 2.19. The van der Waals surface area contributed by atoms with E-state index < -0.39 is 0 Å². The van der Waals surface area contributed by atoms with Gasteiger partial charge >= 0.3 is 0 Å². The maximum absolute atomic E-state index is 12.4. The normalized spacial score (nSPS) is 11.3. The van der Waals surface area contributed by atoms with E-state index in [0.29, 0.717) is 6.54 Å². The summed E-state index contributed by atoms with van der Waals surface area (Å²) in [5.41, 5.74) is 1.79. The molecule has 2 heterocycles. The number of nitrogens with one attached hydrogen (secondary N) is 1. The second-order valence-electron chi connectivity index (χ2n) is 4.92. The molecule has 0 aliphatic heterocycles. The quantitative estimate of drug-likeness (QED) is 0.727. The van der Waals surface area contributed by atoms with Gasteiger partial charge in [0.25, 0.3) is 0 Å². The number of fused-ring (bicyclic) bond motifs is 1. The molecule has 0 bridgehead atoms. The molecule has 1 N–H and O–H groups in total. The third-order valence-corrected chi connectivity index (χ3v) is 4.17. The van der Waals surface area contributed by atoms with E-state index in [2.05, 4.69) is 21.3 Å². The van der Waals surface area contributed by atoms with E-state index in [-0.39, 0.29) is 5.78 Å². The number of hydrogen-bond donors (Lipinski definition) is 1. The molecule has 0 aliphatic rings. The lowest BCUT2D eigenvalue weighted by molar-refractivity contribution is 0.0945. The Labute approximate surface area is 121 Å². The summed E-state index contributed by atoms with van der Waals surface area (Å²) in [4.78, 5) is 18.9. The Balaban J connectivity index is 1.73. The summed E-state index contributed by atoms with van der Waals surface area (Å²) >= 11 is 1.72. The van der Waals surface area contributed by atoms with Crippen molar-refractivity contribution >= 4 is 28.0 Å². The minimum absolute atomic E-state index is 0.154. The molecular formula is C16H16N2OS. The molecule has 0 unspecified atom stereocenters. The molecule has 0 spiro atoms. The van der Waals surface area contributed by atoms with Crippen molar-refractivity contribution in [1.29, 1.82) is 0 Å². The van der Waals surface area contributed by atoms with Gasteiger partial charge in [0.1, 0.15) is 0 Å². The van der Waals surface area contributed by atoms with Gasteiger partial charge in [-0.25, -0.2) is 0 Å². The number of benzene rings is 1. The number of rotatable bonds is 5. The Kier molecular flexibility index (Phi) is 3.67. The lowest BCUT2D eigenvalue weighted by atomic mass is 10.1. The van der Waals surface area contributed by atoms with Crippen LogP contribution >= 0.6 is 11.3 Å². The number of carbonyl (C=O) groups is 1. The SMILES string of the molecule is CN(CC(=O)c1c[nH]c2ccccc12)Cc1cccs1. The van der Waals surface area contributed by atoms with E-state index in [4.69, 9.17) is 0 Å². The summed E-state index contributed by atoms with van der Waals surface area (Å²) in [6.07, 6.45) is 1.81. The zero-order chi connectivity index (χ0) is 13.9. The standard InChI is InChI=1S/C16H16N2OS/c1-18(10-12-5-4-8-20-12)11-16(19)14-9-17-15-7-3-2-6-13(14)15/h2-9,17H,10-11H2,1H3. The first-order chi connectivity index (χ1) is 9.74. The molecular weight excluding hydrogens is 268 g/mol. The van der Waals surface area contributed by atoms with Crippen LogP contribution in [0, 0.1) is 0 Å². The highest BCUT2D eigenvalue weighted by atomic mass is 32.1. The van der Waals surface area contributed by atoms with Crippen molar-refractivity contribution in [3.05, 3.63) is 58.4 Å². The van der Waals surface area contributed by atoms with Gasteiger partial charge in [-0.1, -0.05) is 24.3 Å². The van der Waals surface area contributed by atoms with Gasteiger partial charge in [0, 0.05) is 34.1 Å². The van der Waals surface area contributed by atoms with Crippen LogP contribution in [0.5, 0.6) is 0 Å². The monoisotopic (exact) mass is 284 g/mol. The molecule has 0 atom stereocenters. The molecule has 0 aliphatic carbocycles. The first kappa shape index (κ1) is 13.1. The molecule has 3 rings (SSSR count). The molecule has 0 saturated carbocycles. The lowest BCUT2D eigenvalue weighted by Crippen LogP contribution is -2.25. The van der Waals surface area contributed by atoms with Gasteiger partial charge in [-0.3, -0.25) is 9.69 Å². The Hall–Kier alpha value is -1.91. The van der Waals surface area contributed by atoms with E-state index in [1.165, 1.54) is 4.88 Å². The second-order valence-corrected chi connectivity index (χ2v) is 5.96. The highest BCUT2D eigenvalue weighted by Gasteiger charge is 2.14. The Morgan fingerprint density at radius 1 is 1.25 bits per heavy atom. The van der Waals surface area contributed by atoms with Gasteiger partial charge in [0.2, 0.25) is 0 Å². The summed E-state index contributed by atoms with van der Waals surface area (Å²) in [6, 6.07) is 12.0. The smallest absolute Gasteiger partial charge is 0.178 e. The number of thiophene rings is 1. The molecule has 1 aromatic carbocycles. The van der Waals surface area contributed by atoms with Crippen molar-refractivity contribution in [2.45, 2.75) is 6.54 Å². The number of para-hydroxylation sites is 1. The predicted octanol–water partition coefficient (Wildman–Crippen LogP) is 3.54. The number of Topliss-reactive ketones (excluding diaryl/α,β-unsaturated/α-hetero) is 1. The van der Waals surface area contributed by atoms with Crippen molar-refractivity contribution in [2.75, 3.05) is 13.6 Å². The molecule has 20 heavy (non-hydrogen) atoms. The van der Waals surface area contributed by atoms with E-state index >= 15 is 0 Å². The van der Waals surface area contributed by atoms with Crippen molar-refractivity contribution in [1.82, 2.24) is 9.88 Å². The second kappa shape index (κ2) is 5.61. The third kappa shape index (κ3) is 2.66. The Morgan fingerprint density at radius 3 is 2.90 bits per heavy atom. The van der Waals surface area contributed by atoms with Gasteiger partial charge < -0.3 is 4.98 Å². The summed E-state index contributed by atoms with van der Waals surface area (Å²) in [5.74, 6) is 0.154. The maximum atomic E-state index is 12.4. The van der Waals surface area contributed by atoms with Crippen LogP contribution in [0.4, 0.5) is 0 Å². The van der Waals surface area contributed by atoms with Crippen molar-refractivity contribution < 1.29 is 4.79 Å². The third-order valence-electron chi connectivity index (χ3n) is 3.31. The fourth-order valence-corrected chi connectivity index (χ4v) is 3.14. The van der Waals surface area contributed by atoms with Crippen LogP contribution in [0.15, 0.2) is 48.0 Å². The van der Waals surface area contributed by atoms with Crippen LogP contribution in [-0.4, -0.2) is 29.3 Å². The highest BCUT2D eigenvalue weighted by molar-refractivity contribution is 7.09. The molecule has 3 nitrogen and oxygen atoms in total. The van der Waals surface area contributed by atoms with Gasteiger partial charge in [-0.05, 0) is 24.6 Å². The van der Waals surface area contributed by atoms with Crippen LogP contribution in [-0.2, 0) is 6.54 Å². The minimum atomic E-state index is 0.154. The number of carbonyl (C=O) groups excluding carboxylic acids is 1. The first-order valence-corrected chi connectivity index (χ1v) is 7.42. The number of H-pyrrole nitrogens is 1. The summed E-state index contributed by atoms with van der Waals surface area (Å²) in [5, 5.41) is 3.06. The predicted molar refractivity (Wildman–Crippen MR) is 83.3 cm³/mol. The van der Waals surface area contributed by atoms with Crippen molar-refractivity contribution in [3.63, 3.8) is 0 Å². The molecule has 4 heteroatoms. The van der Waals surface area contributed by atoms with Gasteiger partial charge in [0.15, 0.2) is 5.78 Å². The molecule has 0 radical (unpaired) electrons. The number of nitrogens with zero attached hydrogens (tertiary/aromatic N) is 1. The Morgan fingerprint density at radius 2 is 2.10 bits per heavy atom. The number of aromatic nitrogens is 1. The minimum Gasteiger partial charge on any atom is -0.360 e. The summed E-state index contributed by atoms with van der Waals surface area (Å²) in [7, 11) is 1.98. The lowest BCUT2D eigenvalue weighted by Gasteiger charge is -2.14. The van der Waals surface area contributed by atoms with Crippen LogP contribution in [0.3, 0.4) is 0 Å². The zero-order valence-electron chi connectivity index (χ0n) is 11.3. The first-order valence-electron chi connectivity index (χ1n) is 6.54. The van der Waals surface area contributed by atoms with Gasteiger partial charge in [0.05, 0.1) is 6.54 Å². The zero-order valence-corrected chi connectivity index (χ0v) is 12.1. The van der Waals surface area contributed by atoms with E-state index in [9.17, 15) is 4.79 Å². The van der Waals surface area contributed by atoms with E-state index in [1.54, 1.807) is 11.3 Å². The number of ketones is 1. The van der Waals surface area contributed by atoms with Crippen LogP contribution < -0.4 is 0 Å². The number of hydrogen-bond acceptors (Lipinski definition) is 3. The van der Waals surface area contributed by atoms with Crippen LogP contribution in [0.2, 0.25) is 0 Å². The van der Waals surface area contributed by atoms with Crippen molar-refractivity contribution in [2.24, 2.45) is 0 Å². The van der Waals surface area contributed by atoms with E-state index in [0.717, 1.165) is 23.0 Å². The molecule has 0 fully saturated rings. The van der Waals surface area contributed by atoms with Crippen LogP contribution in [0.25, 0.3) is 10.9 Å². The Bertz CT molecular complexity index is 715. The van der Waals surface area contributed by atoms with Crippen LogP contribution in [0.1, 0.15) is 15.2 Å².